The van der Waals surface area contributed by atoms with Crippen molar-refractivity contribution in [3.8, 4) is 5.75 Å². The first-order valence-corrected chi connectivity index (χ1v) is 4.98. The van der Waals surface area contributed by atoms with Crippen LogP contribution in [0.15, 0.2) is 24.3 Å². The van der Waals surface area contributed by atoms with Crippen LogP contribution in [0, 0.1) is 0 Å². The van der Waals surface area contributed by atoms with E-state index >= 15 is 0 Å². The van der Waals surface area contributed by atoms with Crippen LogP contribution in [0.25, 0.3) is 0 Å². The van der Waals surface area contributed by atoms with Crippen molar-refractivity contribution in [1.82, 2.24) is 0 Å². The lowest BCUT2D eigenvalue weighted by Gasteiger charge is -2.03. The number of nitrogens with two attached hydrogens (primary N) is 1. The molecule has 0 bridgehead atoms. The van der Waals surface area contributed by atoms with E-state index in [2.05, 4.69) is 12.6 Å². The third kappa shape index (κ3) is 3.63. The van der Waals surface area contributed by atoms with E-state index in [4.69, 9.17) is 10.5 Å². The Labute approximate surface area is 92.8 Å². The zero-order valence-electron chi connectivity index (χ0n) is 7.97. The lowest BCUT2D eigenvalue weighted by atomic mass is 10.2. The van der Waals surface area contributed by atoms with Crippen molar-refractivity contribution in [2.75, 3.05) is 5.75 Å². The minimum Gasteiger partial charge on any atom is -0.427 e. The summed E-state index contributed by atoms with van der Waals surface area (Å²) in [5, 5.41) is 0. The molecule has 0 heterocycles. The molecule has 15 heavy (non-hydrogen) atoms. The van der Waals surface area contributed by atoms with Crippen molar-refractivity contribution in [2.24, 2.45) is 5.73 Å². The van der Waals surface area contributed by atoms with Gasteiger partial charge in [-0.25, -0.2) is 0 Å². The fraction of sp³-hybridized carbons (Fsp3) is 0.200. The predicted molar refractivity (Wildman–Crippen MR) is 59.1 cm³/mol. The van der Waals surface area contributed by atoms with Gasteiger partial charge in [-0.2, -0.15) is 12.6 Å². The molecule has 5 heteroatoms. The van der Waals surface area contributed by atoms with Crippen LogP contribution < -0.4 is 10.5 Å². The summed E-state index contributed by atoms with van der Waals surface area (Å²) < 4.78 is 4.95. The summed E-state index contributed by atoms with van der Waals surface area (Å²) in [5.41, 5.74) is 5.43. The Balaban J connectivity index is 2.64. The first kappa shape index (κ1) is 11.6. The summed E-state index contributed by atoms with van der Waals surface area (Å²) >= 11 is 3.91. The third-order valence-electron chi connectivity index (χ3n) is 1.69. The van der Waals surface area contributed by atoms with Gasteiger partial charge in [0, 0.05) is 11.3 Å². The van der Waals surface area contributed by atoms with Gasteiger partial charge in [0.1, 0.15) is 5.75 Å². The highest BCUT2D eigenvalue weighted by Gasteiger charge is 2.04. The van der Waals surface area contributed by atoms with Crippen molar-refractivity contribution in [2.45, 2.75) is 6.42 Å². The van der Waals surface area contributed by atoms with Crippen molar-refractivity contribution in [3.63, 3.8) is 0 Å². The smallest absolute Gasteiger partial charge is 0.312 e. The Morgan fingerprint density at radius 1 is 1.27 bits per heavy atom. The number of hydrogen-bond acceptors (Lipinski definition) is 4. The van der Waals surface area contributed by atoms with E-state index in [0.29, 0.717) is 17.1 Å². The Bertz CT molecular complexity index is 361. The molecule has 1 amide bonds. The second-order valence-electron chi connectivity index (χ2n) is 2.84. The van der Waals surface area contributed by atoms with Gasteiger partial charge in [0.15, 0.2) is 0 Å². The molecule has 0 aliphatic carbocycles. The van der Waals surface area contributed by atoms with E-state index < -0.39 is 5.91 Å². The first-order valence-electron chi connectivity index (χ1n) is 4.35. The van der Waals surface area contributed by atoms with Gasteiger partial charge in [0.2, 0.25) is 5.91 Å². The monoisotopic (exact) mass is 225 g/mol. The zero-order chi connectivity index (χ0) is 11.3. The molecular formula is C10H11NO3S. The van der Waals surface area contributed by atoms with E-state index in [1.165, 1.54) is 24.3 Å². The summed E-state index contributed by atoms with van der Waals surface area (Å²) in [5.74, 6) is -0.0232. The number of amides is 1. The van der Waals surface area contributed by atoms with Gasteiger partial charge < -0.3 is 10.5 Å². The van der Waals surface area contributed by atoms with Crippen molar-refractivity contribution in [3.05, 3.63) is 29.8 Å². The maximum absolute atomic E-state index is 11.1. The van der Waals surface area contributed by atoms with Crippen molar-refractivity contribution >= 4 is 24.5 Å². The van der Waals surface area contributed by atoms with Gasteiger partial charge >= 0.3 is 5.97 Å². The van der Waals surface area contributed by atoms with Crippen LogP contribution in [-0.2, 0) is 4.79 Å². The molecule has 1 aromatic carbocycles. The molecule has 80 valence electrons. The number of carbonyl (C=O) groups is 2. The summed E-state index contributed by atoms with van der Waals surface area (Å²) in [4.78, 5) is 21.8. The average molecular weight is 225 g/mol. The molecule has 0 aliphatic heterocycles. The summed E-state index contributed by atoms with van der Waals surface area (Å²) in [7, 11) is 0. The Kier molecular flexibility index (Phi) is 4.17. The Hall–Kier alpha value is -1.49. The number of thiol groups is 1. The van der Waals surface area contributed by atoms with E-state index in [-0.39, 0.29) is 12.4 Å². The van der Waals surface area contributed by atoms with Crippen LogP contribution in [0.4, 0.5) is 0 Å². The van der Waals surface area contributed by atoms with E-state index in [9.17, 15) is 9.59 Å². The van der Waals surface area contributed by atoms with Crippen LogP contribution >= 0.6 is 12.6 Å². The number of rotatable bonds is 4. The minimum absolute atomic E-state index is 0.251. The molecule has 0 aromatic heterocycles. The van der Waals surface area contributed by atoms with Crippen molar-refractivity contribution in [1.29, 1.82) is 0 Å². The standard InChI is InChI=1S/C10H11NO3S/c11-10(13)7-1-3-8(4-2-7)14-9(12)5-6-15/h1-4,15H,5-6H2,(H2,11,13). The van der Waals surface area contributed by atoms with Crippen LogP contribution in [0.1, 0.15) is 16.8 Å². The van der Waals surface area contributed by atoms with Crippen LogP contribution in [0.2, 0.25) is 0 Å². The predicted octanol–water partition coefficient (Wildman–Crippen LogP) is 1.01. The van der Waals surface area contributed by atoms with Gasteiger partial charge in [-0.05, 0) is 24.3 Å². The maximum atomic E-state index is 11.1. The normalized spacial score (nSPS) is 9.67. The fourth-order valence-electron chi connectivity index (χ4n) is 0.961. The molecule has 0 saturated carbocycles. The zero-order valence-corrected chi connectivity index (χ0v) is 8.87. The molecule has 2 N–H and O–H groups in total. The van der Waals surface area contributed by atoms with Gasteiger partial charge in [-0.1, -0.05) is 0 Å². The third-order valence-corrected chi connectivity index (χ3v) is 1.91. The molecule has 0 unspecified atom stereocenters. The second kappa shape index (κ2) is 5.41. The Morgan fingerprint density at radius 3 is 2.33 bits per heavy atom. The van der Waals surface area contributed by atoms with Crippen LogP contribution in [0.3, 0.4) is 0 Å². The number of benzene rings is 1. The lowest BCUT2D eigenvalue weighted by Crippen LogP contribution is -2.11. The highest BCUT2D eigenvalue weighted by atomic mass is 32.1. The molecule has 0 spiro atoms. The second-order valence-corrected chi connectivity index (χ2v) is 3.28. The van der Waals surface area contributed by atoms with E-state index in [1.54, 1.807) is 0 Å². The minimum atomic E-state index is -0.511. The molecule has 0 fully saturated rings. The van der Waals surface area contributed by atoms with E-state index in [0.717, 1.165) is 0 Å². The SMILES string of the molecule is NC(=O)c1ccc(OC(=O)CCS)cc1. The number of carbonyl (C=O) groups excluding carboxylic acids is 2. The number of esters is 1. The summed E-state index contributed by atoms with van der Waals surface area (Å²) in [6.45, 7) is 0. The molecule has 0 atom stereocenters. The molecule has 0 aliphatic rings. The number of hydrogen-bond donors (Lipinski definition) is 2. The highest BCUT2D eigenvalue weighted by Crippen LogP contribution is 2.12. The molecule has 0 saturated heterocycles. The first-order chi connectivity index (χ1) is 7.13. The van der Waals surface area contributed by atoms with Crippen LogP contribution in [-0.4, -0.2) is 17.6 Å². The maximum Gasteiger partial charge on any atom is 0.312 e. The van der Waals surface area contributed by atoms with E-state index in [1.807, 2.05) is 0 Å². The molecule has 4 nitrogen and oxygen atoms in total. The summed E-state index contributed by atoms with van der Waals surface area (Å²) in [6, 6.07) is 6.06. The van der Waals surface area contributed by atoms with Gasteiger partial charge in [-0.15, -0.1) is 0 Å². The largest absolute Gasteiger partial charge is 0.427 e. The fourth-order valence-corrected chi connectivity index (χ4v) is 1.14. The molecule has 1 aromatic rings. The van der Waals surface area contributed by atoms with Crippen molar-refractivity contribution < 1.29 is 14.3 Å². The molecule has 0 radical (unpaired) electrons. The number of primary amides is 1. The number of ether oxygens (including phenoxy) is 1. The van der Waals surface area contributed by atoms with Gasteiger partial charge in [0.05, 0.1) is 6.42 Å². The van der Waals surface area contributed by atoms with Crippen LogP contribution in [0.5, 0.6) is 5.75 Å². The Morgan fingerprint density at radius 2 is 1.87 bits per heavy atom. The van der Waals surface area contributed by atoms with Gasteiger partial charge in [-0.3, -0.25) is 9.59 Å². The average Bonchev–Trinajstić information content (AvgIpc) is 2.18. The molecular weight excluding hydrogens is 214 g/mol. The molecule has 1 rings (SSSR count). The lowest BCUT2D eigenvalue weighted by molar-refractivity contribution is -0.133. The quantitative estimate of drug-likeness (QED) is 0.456. The van der Waals surface area contributed by atoms with Gasteiger partial charge in [0.25, 0.3) is 0 Å². The topological polar surface area (TPSA) is 69.4 Å². The summed E-state index contributed by atoms with van der Waals surface area (Å²) in [6.07, 6.45) is 0.251. The highest BCUT2D eigenvalue weighted by molar-refractivity contribution is 7.80.